The Balaban J connectivity index is 1.96. The number of carbonyl (C=O) groups is 1. The summed E-state index contributed by atoms with van der Waals surface area (Å²) in [5.74, 6) is -0.674. The molecular formula is C19H12ClF3N2OS. The van der Waals surface area contributed by atoms with Crippen molar-refractivity contribution in [1.82, 2.24) is 4.98 Å². The molecule has 0 unspecified atom stereocenters. The zero-order valence-electron chi connectivity index (χ0n) is 13.6. The predicted octanol–water partition coefficient (Wildman–Crippen LogP) is 6.12. The molecule has 3 aromatic rings. The van der Waals surface area contributed by atoms with Crippen LogP contribution in [0.3, 0.4) is 0 Å². The molecule has 0 saturated heterocycles. The predicted molar refractivity (Wildman–Crippen MR) is 103 cm³/mol. The van der Waals surface area contributed by atoms with Gasteiger partial charge in [-0.2, -0.15) is 13.2 Å². The normalized spacial score (nSPS) is 12.2. The molecule has 0 spiro atoms. The van der Waals surface area contributed by atoms with Gasteiger partial charge in [0.1, 0.15) is 0 Å². The lowest BCUT2D eigenvalue weighted by atomic mass is 10.1. The second-order valence-corrected chi connectivity index (χ2v) is 6.81. The van der Waals surface area contributed by atoms with Crippen LogP contribution in [-0.4, -0.2) is 16.4 Å². The first-order valence-electron chi connectivity index (χ1n) is 7.69. The number of rotatable bonds is 4. The van der Waals surface area contributed by atoms with E-state index in [1.165, 1.54) is 24.3 Å². The van der Waals surface area contributed by atoms with Crippen LogP contribution >= 0.6 is 23.4 Å². The van der Waals surface area contributed by atoms with E-state index < -0.39 is 11.4 Å². The van der Waals surface area contributed by atoms with Gasteiger partial charge in [0.05, 0.1) is 16.8 Å². The maximum atomic E-state index is 12.7. The number of carbonyl (C=O) groups excluding carboxylic acids is 1. The van der Waals surface area contributed by atoms with Gasteiger partial charge >= 0.3 is 5.51 Å². The number of hydrogen-bond donors (Lipinski definition) is 1. The van der Waals surface area contributed by atoms with Gasteiger partial charge in [0.15, 0.2) is 0 Å². The number of nitrogens with one attached hydrogen (secondary N) is 1. The number of para-hydroxylation sites is 1. The van der Waals surface area contributed by atoms with Crippen LogP contribution in [-0.2, 0) is 4.79 Å². The Morgan fingerprint density at radius 2 is 1.78 bits per heavy atom. The van der Waals surface area contributed by atoms with E-state index >= 15 is 0 Å². The summed E-state index contributed by atoms with van der Waals surface area (Å²) >= 11 is 5.44. The van der Waals surface area contributed by atoms with Gasteiger partial charge in [0.25, 0.3) is 5.91 Å². The molecular weight excluding hydrogens is 397 g/mol. The highest BCUT2D eigenvalue weighted by atomic mass is 35.5. The molecule has 0 radical (unpaired) electrons. The Bertz CT molecular complexity index is 999. The molecule has 3 rings (SSSR count). The lowest BCUT2D eigenvalue weighted by Gasteiger charge is -2.12. The first-order chi connectivity index (χ1) is 12.8. The number of alkyl halides is 3. The first-order valence-corrected chi connectivity index (χ1v) is 8.95. The quantitative estimate of drug-likeness (QED) is 0.529. The summed E-state index contributed by atoms with van der Waals surface area (Å²) in [6.45, 7) is 0. The fourth-order valence-corrected chi connectivity index (χ4v) is 3.02. The average Bonchev–Trinajstić information content (AvgIpc) is 2.63. The van der Waals surface area contributed by atoms with Gasteiger partial charge in [0, 0.05) is 16.6 Å². The standard InChI is InChI=1S/C19H12ClF3N2OS/c20-14-8-6-12(7-9-14)15(11-27-19(21,22)23)18(26)25-16-5-1-3-13-4-2-10-24-17(13)16/h1-11H,(H,25,26)/b15-11-. The molecule has 1 heterocycles. The molecule has 0 bridgehead atoms. The number of pyridine rings is 1. The molecule has 3 nitrogen and oxygen atoms in total. The Hall–Kier alpha value is -2.51. The Labute approximate surface area is 162 Å². The minimum Gasteiger partial charge on any atom is -0.320 e. The highest BCUT2D eigenvalue weighted by Gasteiger charge is 2.28. The number of nitrogens with zero attached hydrogens (tertiary/aromatic N) is 1. The fourth-order valence-electron chi connectivity index (χ4n) is 2.40. The molecule has 1 amide bonds. The van der Waals surface area contributed by atoms with E-state index in [1.807, 2.05) is 12.1 Å². The van der Waals surface area contributed by atoms with Crippen LogP contribution < -0.4 is 5.32 Å². The van der Waals surface area contributed by atoms with Crippen molar-refractivity contribution >= 4 is 51.4 Å². The third kappa shape index (κ3) is 5.02. The Morgan fingerprint density at radius 3 is 2.48 bits per heavy atom. The zero-order valence-corrected chi connectivity index (χ0v) is 15.2. The van der Waals surface area contributed by atoms with E-state index in [1.54, 1.807) is 24.4 Å². The maximum absolute atomic E-state index is 12.7. The van der Waals surface area contributed by atoms with Crippen molar-refractivity contribution in [2.75, 3.05) is 5.32 Å². The third-order valence-corrected chi connectivity index (χ3v) is 4.46. The molecule has 0 aliphatic heterocycles. The van der Waals surface area contributed by atoms with Gasteiger partial charge < -0.3 is 5.32 Å². The lowest BCUT2D eigenvalue weighted by Crippen LogP contribution is -2.14. The topological polar surface area (TPSA) is 42.0 Å². The summed E-state index contributed by atoms with van der Waals surface area (Å²) in [5, 5.41) is 4.66. The van der Waals surface area contributed by atoms with Gasteiger partial charge in [0.2, 0.25) is 0 Å². The summed E-state index contributed by atoms with van der Waals surface area (Å²) in [6, 6.07) is 14.8. The van der Waals surface area contributed by atoms with Crippen LogP contribution in [0.5, 0.6) is 0 Å². The van der Waals surface area contributed by atoms with Crippen molar-refractivity contribution in [3.63, 3.8) is 0 Å². The van der Waals surface area contributed by atoms with E-state index in [9.17, 15) is 18.0 Å². The molecule has 0 fully saturated rings. The van der Waals surface area contributed by atoms with E-state index in [-0.39, 0.29) is 17.3 Å². The van der Waals surface area contributed by atoms with Gasteiger partial charge in [-0.25, -0.2) is 0 Å². The molecule has 2 aromatic carbocycles. The van der Waals surface area contributed by atoms with Gasteiger partial charge in [-0.15, -0.1) is 0 Å². The van der Waals surface area contributed by atoms with Crippen molar-refractivity contribution in [1.29, 1.82) is 0 Å². The molecule has 0 saturated carbocycles. The minimum absolute atomic E-state index is 0.123. The molecule has 0 atom stereocenters. The van der Waals surface area contributed by atoms with Crippen molar-refractivity contribution in [2.45, 2.75) is 5.51 Å². The van der Waals surface area contributed by atoms with Crippen LogP contribution in [0.15, 0.2) is 66.2 Å². The SMILES string of the molecule is O=C(Nc1cccc2cccnc12)/C(=C\SC(F)(F)F)c1ccc(Cl)cc1. The third-order valence-electron chi connectivity index (χ3n) is 3.59. The van der Waals surface area contributed by atoms with E-state index in [2.05, 4.69) is 10.3 Å². The largest absolute Gasteiger partial charge is 0.445 e. The maximum Gasteiger partial charge on any atom is 0.445 e. The molecule has 138 valence electrons. The molecule has 0 aliphatic carbocycles. The van der Waals surface area contributed by atoms with E-state index in [4.69, 9.17) is 11.6 Å². The van der Waals surface area contributed by atoms with E-state index in [0.717, 1.165) is 10.8 Å². The van der Waals surface area contributed by atoms with Gasteiger partial charge in [-0.3, -0.25) is 9.78 Å². The fraction of sp³-hybridized carbons (Fsp3) is 0.0526. The zero-order chi connectivity index (χ0) is 19.4. The Kier molecular flexibility index (Phi) is 5.72. The summed E-state index contributed by atoms with van der Waals surface area (Å²) in [6.07, 6.45) is 1.58. The van der Waals surface area contributed by atoms with Crippen molar-refractivity contribution < 1.29 is 18.0 Å². The monoisotopic (exact) mass is 408 g/mol. The smallest absolute Gasteiger partial charge is 0.320 e. The van der Waals surface area contributed by atoms with Crippen LogP contribution in [0.2, 0.25) is 5.02 Å². The number of fused-ring (bicyclic) bond motifs is 1. The van der Waals surface area contributed by atoms with Gasteiger partial charge in [-0.1, -0.05) is 41.9 Å². The highest BCUT2D eigenvalue weighted by Crippen LogP contribution is 2.34. The summed E-state index contributed by atoms with van der Waals surface area (Å²) in [4.78, 5) is 17.0. The number of aromatic nitrogens is 1. The van der Waals surface area contributed by atoms with Crippen molar-refractivity contribution in [3.05, 3.63) is 76.8 Å². The number of amides is 1. The number of anilines is 1. The van der Waals surface area contributed by atoms with Crippen LogP contribution in [0.4, 0.5) is 18.9 Å². The summed E-state index contributed by atoms with van der Waals surface area (Å²) < 4.78 is 37.9. The number of benzene rings is 2. The lowest BCUT2D eigenvalue weighted by molar-refractivity contribution is -0.111. The molecule has 1 N–H and O–H groups in total. The first kappa shape index (κ1) is 19.3. The van der Waals surface area contributed by atoms with Crippen molar-refractivity contribution in [3.8, 4) is 0 Å². The van der Waals surface area contributed by atoms with Crippen LogP contribution in [0.1, 0.15) is 5.56 Å². The second kappa shape index (κ2) is 8.02. The molecule has 8 heteroatoms. The molecule has 0 aliphatic rings. The molecule has 1 aromatic heterocycles. The second-order valence-electron chi connectivity index (χ2n) is 5.44. The van der Waals surface area contributed by atoms with Crippen LogP contribution in [0.25, 0.3) is 16.5 Å². The van der Waals surface area contributed by atoms with E-state index in [0.29, 0.717) is 21.8 Å². The number of hydrogen-bond acceptors (Lipinski definition) is 3. The minimum atomic E-state index is -4.50. The van der Waals surface area contributed by atoms with Gasteiger partial charge in [-0.05, 0) is 47.0 Å². The number of halogens is 4. The average molecular weight is 409 g/mol. The highest BCUT2D eigenvalue weighted by molar-refractivity contribution is 8.03. The summed E-state index contributed by atoms with van der Waals surface area (Å²) in [7, 11) is 0. The van der Waals surface area contributed by atoms with Crippen molar-refractivity contribution in [2.24, 2.45) is 0 Å². The van der Waals surface area contributed by atoms with Crippen LogP contribution in [0, 0.1) is 0 Å². The summed E-state index contributed by atoms with van der Waals surface area (Å²) in [5.41, 5.74) is -3.34. The Morgan fingerprint density at radius 1 is 1.07 bits per heavy atom. The number of thioether (sulfide) groups is 1. The molecule has 27 heavy (non-hydrogen) atoms.